The van der Waals surface area contributed by atoms with Gasteiger partial charge in [-0.3, -0.25) is 14.4 Å². The van der Waals surface area contributed by atoms with Crippen LogP contribution < -0.4 is 25.5 Å². The average Bonchev–Trinajstić information content (AvgIpc) is 2.86. The maximum atomic E-state index is 12.3. The smallest absolute Gasteiger partial charge is 0.329 e. The molecule has 0 bridgehead atoms. The van der Waals surface area contributed by atoms with Crippen LogP contribution in [0.15, 0.2) is 76.3 Å². The van der Waals surface area contributed by atoms with Crippen LogP contribution in [-0.4, -0.2) is 37.1 Å². The number of aryl methyl sites for hydroxylation is 1. The summed E-state index contributed by atoms with van der Waals surface area (Å²) in [7, 11) is 0. The summed E-state index contributed by atoms with van der Waals surface area (Å²) < 4.78 is 11.8. The second-order valence-corrected chi connectivity index (χ2v) is 8.38. The second kappa shape index (κ2) is 13.1. The molecule has 0 saturated heterocycles. The van der Waals surface area contributed by atoms with Crippen molar-refractivity contribution >= 4 is 51.2 Å². The van der Waals surface area contributed by atoms with Gasteiger partial charge in [0.25, 0.3) is 5.91 Å². The zero-order valence-corrected chi connectivity index (χ0v) is 21.3. The first-order valence-electron chi connectivity index (χ1n) is 11.0. The maximum Gasteiger partial charge on any atom is 0.329 e. The fourth-order valence-corrected chi connectivity index (χ4v) is 3.35. The van der Waals surface area contributed by atoms with Crippen LogP contribution in [0.25, 0.3) is 0 Å². The number of hydrazone groups is 1. The molecule has 0 heterocycles. The van der Waals surface area contributed by atoms with Crippen molar-refractivity contribution in [2.75, 3.05) is 23.8 Å². The van der Waals surface area contributed by atoms with Crippen molar-refractivity contribution in [2.24, 2.45) is 5.10 Å². The SMILES string of the molecule is CCOc1ccccc1NC(=O)C(=O)N/N=C\c1cc(Br)ccc1OCC(=O)Nc1ccc(C)cc1. The van der Waals surface area contributed by atoms with Gasteiger partial charge in [-0.05, 0) is 56.3 Å². The Morgan fingerprint density at radius 3 is 2.42 bits per heavy atom. The second-order valence-electron chi connectivity index (χ2n) is 7.47. The van der Waals surface area contributed by atoms with E-state index in [9.17, 15) is 14.4 Å². The molecule has 0 fully saturated rings. The number of rotatable bonds is 9. The van der Waals surface area contributed by atoms with Crippen molar-refractivity contribution in [3.8, 4) is 11.5 Å². The van der Waals surface area contributed by atoms with E-state index in [1.807, 2.05) is 26.0 Å². The first kappa shape index (κ1) is 26.4. The van der Waals surface area contributed by atoms with E-state index in [2.05, 4.69) is 37.1 Å². The molecule has 3 aromatic carbocycles. The minimum Gasteiger partial charge on any atom is -0.492 e. The molecule has 0 atom stereocenters. The Bertz CT molecular complexity index is 1260. The maximum absolute atomic E-state index is 12.3. The minimum absolute atomic E-state index is 0.232. The predicted octanol–water partition coefficient (Wildman–Crippen LogP) is 4.26. The Morgan fingerprint density at radius 1 is 0.917 bits per heavy atom. The molecule has 3 aromatic rings. The standard InChI is InChI=1S/C26H25BrN4O5/c1-3-35-23-7-5-4-6-21(23)30-25(33)26(34)31-28-15-18-14-19(27)10-13-22(18)36-16-24(32)29-20-11-8-17(2)9-12-20/h4-15H,3,16H2,1-2H3,(H,29,32)(H,30,33)(H,31,34)/b28-15-. The van der Waals surface area contributed by atoms with E-state index < -0.39 is 11.8 Å². The van der Waals surface area contributed by atoms with Crippen LogP contribution in [0.2, 0.25) is 0 Å². The van der Waals surface area contributed by atoms with Crippen LogP contribution in [0.1, 0.15) is 18.1 Å². The van der Waals surface area contributed by atoms with Crippen molar-refractivity contribution in [3.05, 3.63) is 82.3 Å². The molecule has 0 aliphatic heterocycles. The zero-order valence-electron chi connectivity index (χ0n) is 19.7. The predicted molar refractivity (Wildman–Crippen MR) is 141 cm³/mol. The molecular weight excluding hydrogens is 528 g/mol. The summed E-state index contributed by atoms with van der Waals surface area (Å²) in [6, 6.07) is 19.3. The number of ether oxygens (including phenoxy) is 2. The molecule has 0 unspecified atom stereocenters. The third-order valence-corrected chi connectivity index (χ3v) is 5.17. The lowest BCUT2D eigenvalue weighted by molar-refractivity contribution is -0.136. The normalized spacial score (nSPS) is 10.5. The summed E-state index contributed by atoms with van der Waals surface area (Å²) in [5.74, 6) is -1.38. The number of hydrogen-bond acceptors (Lipinski definition) is 6. The summed E-state index contributed by atoms with van der Waals surface area (Å²) in [5.41, 5.74) is 4.78. The lowest BCUT2D eigenvalue weighted by Gasteiger charge is -2.11. The minimum atomic E-state index is -0.965. The average molecular weight is 553 g/mol. The molecule has 0 saturated carbocycles. The zero-order chi connectivity index (χ0) is 25.9. The molecule has 0 aromatic heterocycles. The monoisotopic (exact) mass is 552 g/mol. The van der Waals surface area contributed by atoms with Crippen molar-refractivity contribution in [2.45, 2.75) is 13.8 Å². The fourth-order valence-electron chi connectivity index (χ4n) is 2.97. The highest BCUT2D eigenvalue weighted by molar-refractivity contribution is 9.10. The molecule has 0 radical (unpaired) electrons. The Labute approximate surface area is 217 Å². The largest absolute Gasteiger partial charge is 0.492 e. The van der Waals surface area contributed by atoms with E-state index in [1.165, 1.54) is 6.21 Å². The molecule has 0 aliphatic carbocycles. The molecule has 0 spiro atoms. The number of carbonyl (C=O) groups is 3. The third-order valence-electron chi connectivity index (χ3n) is 4.68. The van der Waals surface area contributed by atoms with Crippen molar-refractivity contribution in [3.63, 3.8) is 0 Å². The van der Waals surface area contributed by atoms with E-state index >= 15 is 0 Å². The summed E-state index contributed by atoms with van der Waals surface area (Å²) in [4.78, 5) is 36.7. The first-order valence-corrected chi connectivity index (χ1v) is 11.8. The van der Waals surface area contributed by atoms with Crippen molar-refractivity contribution in [1.82, 2.24) is 5.43 Å². The van der Waals surface area contributed by atoms with Gasteiger partial charge < -0.3 is 20.1 Å². The Hall–Kier alpha value is -4.18. The van der Waals surface area contributed by atoms with Crippen molar-refractivity contribution < 1.29 is 23.9 Å². The number of carbonyl (C=O) groups excluding carboxylic acids is 3. The van der Waals surface area contributed by atoms with Gasteiger partial charge in [-0.2, -0.15) is 5.10 Å². The van der Waals surface area contributed by atoms with E-state index in [1.54, 1.807) is 54.6 Å². The van der Waals surface area contributed by atoms with E-state index in [4.69, 9.17) is 9.47 Å². The summed E-state index contributed by atoms with van der Waals surface area (Å²) >= 11 is 3.37. The Kier molecular flexibility index (Phi) is 9.58. The van der Waals surface area contributed by atoms with Crippen molar-refractivity contribution in [1.29, 1.82) is 0 Å². The molecular formula is C26H25BrN4O5. The highest BCUT2D eigenvalue weighted by Gasteiger charge is 2.15. The molecule has 186 valence electrons. The summed E-state index contributed by atoms with van der Waals surface area (Å²) in [6.07, 6.45) is 1.32. The summed E-state index contributed by atoms with van der Waals surface area (Å²) in [5, 5.41) is 9.10. The van der Waals surface area contributed by atoms with Gasteiger partial charge in [-0.25, -0.2) is 5.43 Å². The number of para-hydroxylation sites is 2. The highest BCUT2D eigenvalue weighted by atomic mass is 79.9. The van der Waals surface area contributed by atoms with Gasteiger partial charge in [0.05, 0.1) is 18.5 Å². The molecule has 0 aliphatic rings. The number of hydrogen-bond donors (Lipinski definition) is 3. The quantitative estimate of drug-likeness (QED) is 0.208. The van der Waals surface area contributed by atoms with E-state index in [0.29, 0.717) is 35.0 Å². The first-order chi connectivity index (χ1) is 17.4. The van der Waals surface area contributed by atoms with Crippen LogP contribution >= 0.6 is 15.9 Å². The van der Waals surface area contributed by atoms with Gasteiger partial charge in [0, 0.05) is 15.7 Å². The number of nitrogens with one attached hydrogen (secondary N) is 3. The number of amides is 3. The summed E-state index contributed by atoms with van der Waals surface area (Å²) in [6.45, 7) is 3.95. The Morgan fingerprint density at radius 2 is 1.67 bits per heavy atom. The molecule has 10 heteroatoms. The Balaban J connectivity index is 1.58. The number of halogens is 1. The van der Waals surface area contributed by atoms with Gasteiger partial charge in [0.1, 0.15) is 11.5 Å². The molecule has 3 rings (SSSR count). The third kappa shape index (κ3) is 7.95. The highest BCUT2D eigenvalue weighted by Crippen LogP contribution is 2.24. The van der Waals surface area contributed by atoms with Gasteiger partial charge in [0.15, 0.2) is 6.61 Å². The molecule has 3 N–H and O–H groups in total. The van der Waals surface area contributed by atoms with E-state index in [0.717, 1.165) is 10.0 Å². The van der Waals surface area contributed by atoms with Crippen LogP contribution in [0.5, 0.6) is 11.5 Å². The van der Waals surface area contributed by atoms with Crippen LogP contribution in [-0.2, 0) is 14.4 Å². The fraction of sp³-hybridized carbons (Fsp3) is 0.154. The lowest BCUT2D eigenvalue weighted by Crippen LogP contribution is -2.32. The number of nitrogens with zero attached hydrogens (tertiary/aromatic N) is 1. The number of anilines is 2. The van der Waals surface area contributed by atoms with Crippen LogP contribution in [0.3, 0.4) is 0 Å². The number of benzene rings is 3. The molecule has 36 heavy (non-hydrogen) atoms. The van der Waals surface area contributed by atoms with Crippen LogP contribution in [0.4, 0.5) is 11.4 Å². The van der Waals surface area contributed by atoms with Gasteiger partial charge in [-0.1, -0.05) is 45.8 Å². The molecule has 3 amide bonds. The lowest BCUT2D eigenvalue weighted by atomic mass is 10.2. The molecule has 9 nitrogen and oxygen atoms in total. The van der Waals surface area contributed by atoms with E-state index in [-0.39, 0.29) is 12.5 Å². The van der Waals surface area contributed by atoms with Crippen LogP contribution in [0, 0.1) is 6.92 Å². The van der Waals surface area contributed by atoms with Gasteiger partial charge >= 0.3 is 11.8 Å². The van der Waals surface area contributed by atoms with Gasteiger partial charge in [0.2, 0.25) is 0 Å². The van der Waals surface area contributed by atoms with Gasteiger partial charge in [-0.15, -0.1) is 0 Å². The topological polar surface area (TPSA) is 118 Å².